The van der Waals surface area contributed by atoms with Crippen LogP contribution in [0.25, 0.3) is 0 Å². The van der Waals surface area contributed by atoms with E-state index >= 15 is 0 Å². The molecule has 0 aliphatic heterocycles. The van der Waals surface area contributed by atoms with E-state index in [1.54, 1.807) is 11.7 Å². The summed E-state index contributed by atoms with van der Waals surface area (Å²) in [4.78, 5) is 4.82. The first-order chi connectivity index (χ1) is 5.70. The second kappa shape index (κ2) is 4.54. The maximum absolute atomic E-state index is 9.57. The minimum Gasteiger partial charge on any atom is -0.386 e. The number of thiazole rings is 1. The van der Waals surface area contributed by atoms with Gasteiger partial charge < -0.3 is 10.4 Å². The van der Waals surface area contributed by atoms with Crippen LogP contribution in [0.3, 0.4) is 0 Å². The summed E-state index contributed by atoms with van der Waals surface area (Å²) >= 11 is 1.48. The molecule has 0 aliphatic rings. The third-order valence-corrected chi connectivity index (χ3v) is 2.38. The second-order valence-corrected chi connectivity index (χ2v) is 3.90. The van der Waals surface area contributed by atoms with E-state index in [1.165, 1.54) is 11.3 Å². The molecule has 3 nitrogen and oxygen atoms in total. The third-order valence-electron chi connectivity index (χ3n) is 1.50. The average molecular weight is 186 g/mol. The van der Waals surface area contributed by atoms with Crippen molar-refractivity contribution in [3.05, 3.63) is 16.6 Å². The summed E-state index contributed by atoms with van der Waals surface area (Å²) < 4.78 is 0. The molecule has 2 N–H and O–H groups in total. The van der Waals surface area contributed by atoms with Crippen molar-refractivity contribution in [1.82, 2.24) is 10.3 Å². The number of aliphatic hydroxyl groups excluding tert-OH is 1. The second-order valence-electron chi connectivity index (χ2n) is 2.98. The van der Waals surface area contributed by atoms with Crippen LogP contribution in [-0.4, -0.2) is 22.7 Å². The number of aromatic nitrogens is 1. The number of hydrogen-bond acceptors (Lipinski definition) is 4. The van der Waals surface area contributed by atoms with Gasteiger partial charge in [-0.25, -0.2) is 0 Å². The quantitative estimate of drug-likeness (QED) is 0.742. The van der Waals surface area contributed by atoms with E-state index in [2.05, 4.69) is 24.1 Å². The zero-order valence-electron chi connectivity index (χ0n) is 7.32. The van der Waals surface area contributed by atoms with Crippen molar-refractivity contribution in [3.8, 4) is 0 Å². The Kier molecular flexibility index (Phi) is 3.65. The van der Waals surface area contributed by atoms with Crippen molar-refractivity contribution >= 4 is 11.3 Å². The van der Waals surface area contributed by atoms with E-state index in [4.69, 9.17) is 0 Å². The van der Waals surface area contributed by atoms with Crippen LogP contribution in [0, 0.1) is 0 Å². The smallest absolute Gasteiger partial charge is 0.102 e. The number of rotatable bonds is 4. The molecular formula is C8H14N2OS. The summed E-state index contributed by atoms with van der Waals surface area (Å²) in [5, 5.41) is 12.7. The van der Waals surface area contributed by atoms with E-state index < -0.39 is 6.10 Å². The van der Waals surface area contributed by atoms with Gasteiger partial charge in [-0.2, -0.15) is 0 Å². The largest absolute Gasteiger partial charge is 0.386 e. The van der Waals surface area contributed by atoms with E-state index in [0.29, 0.717) is 12.6 Å². The van der Waals surface area contributed by atoms with Crippen molar-refractivity contribution in [3.63, 3.8) is 0 Å². The highest BCUT2D eigenvalue weighted by Crippen LogP contribution is 2.15. The number of nitrogens with zero attached hydrogens (tertiary/aromatic N) is 1. The zero-order chi connectivity index (χ0) is 8.97. The molecule has 1 aromatic rings. The molecule has 0 fully saturated rings. The van der Waals surface area contributed by atoms with Gasteiger partial charge in [-0.05, 0) is 0 Å². The molecule has 0 amide bonds. The molecule has 0 saturated heterocycles. The molecule has 1 rings (SSSR count). The Morgan fingerprint density at radius 1 is 1.67 bits per heavy atom. The fourth-order valence-electron chi connectivity index (χ4n) is 0.838. The van der Waals surface area contributed by atoms with Gasteiger partial charge in [0.2, 0.25) is 0 Å². The first-order valence-electron chi connectivity index (χ1n) is 4.00. The van der Waals surface area contributed by atoms with Crippen LogP contribution >= 0.6 is 11.3 Å². The van der Waals surface area contributed by atoms with E-state index in [1.807, 2.05) is 0 Å². The summed E-state index contributed by atoms with van der Waals surface area (Å²) in [6.45, 7) is 4.71. The fourth-order valence-corrected chi connectivity index (χ4v) is 1.44. The molecule has 68 valence electrons. The van der Waals surface area contributed by atoms with Gasteiger partial charge >= 0.3 is 0 Å². The van der Waals surface area contributed by atoms with Crippen LogP contribution in [0.1, 0.15) is 24.8 Å². The highest BCUT2D eigenvalue weighted by atomic mass is 32.1. The number of aliphatic hydroxyl groups is 1. The van der Waals surface area contributed by atoms with Crippen molar-refractivity contribution in [1.29, 1.82) is 0 Å². The maximum Gasteiger partial charge on any atom is 0.102 e. The molecule has 12 heavy (non-hydrogen) atoms. The topological polar surface area (TPSA) is 45.1 Å². The molecule has 4 heteroatoms. The van der Waals surface area contributed by atoms with Crippen molar-refractivity contribution in [2.24, 2.45) is 0 Å². The van der Waals surface area contributed by atoms with Gasteiger partial charge in [0, 0.05) is 18.8 Å². The summed E-state index contributed by atoms with van der Waals surface area (Å²) in [6, 6.07) is 0.410. The molecule has 0 bridgehead atoms. The Balaban J connectivity index is 2.34. The highest BCUT2D eigenvalue weighted by molar-refractivity contribution is 7.09. The molecule has 1 atom stereocenters. The Morgan fingerprint density at radius 3 is 2.92 bits per heavy atom. The van der Waals surface area contributed by atoms with Gasteiger partial charge in [-0.15, -0.1) is 11.3 Å². The molecule has 1 aromatic heterocycles. The normalized spacial score (nSPS) is 13.7. The molecular weight excluding hydrogens is 172 g/mol. The number of nitrogens with one attached hydrogen (secondary N) is 1. The molecule has 1 heterocycles. The van der Waals surface area contributed by atoms with Crippen LogP contribution < -0.4 is 5.32 Å². The highest BCUT2D eigenvalue weighted by Gasteiger charge is 2.08. The third kappa shape index (κ3) is 2.89. The van der Waals surface area contributed by atoms with Crippen molar-refractivity contribution in [2.75, 3.05) is 6.54 Å². The van der Waals surface area contributed by atoms with Crippen LogP contribution in [0.15, 0.2) is 11.7 Å². The number of hydrogen-bond donors (Lipinski definition) is 2. The lowest BCUT2D eigenvalue weighted by atomic mass is 10.3. The van der Waals surface area contributed by atoms with Crippen molar-refractivity contribution in [2.45, 2.75) is 26.0 Å². The molecule has 0 aromatic carbocycles. The summed E-state index contributed by atoms with van der Waals surface area (Å²) in [5.41, 5.74) is 1.73. The Bertz CT molecular complexity index is 211. The predicted octanol–water partition coefficient (Wildman–Crippen LogP) is 1.17. The van der Waals surface area contributed by atoms with Gasteiger partial charge in [-0.1, -0.05) is 13.8 Å². The minimum atomic E-state index is -0.417. The zero-order valence-corrected chi connectivity index (χ0v) is 8.14. The monoisotopic (exact) mass is 186 g/mol. The molecule has 0 radical (unpaired) electrons. The summed E-state index contributed by atoms with van der Waals surface area (Å²) in [5.74, 6) is 0. The average Bonchev–Trinajstić information content (AvgIpc) is 2.51. The van der Waals surface area contributed by atoms with Gasteiger partial charge in [0.1, 0.15) is 6.10 Å². The van der Waals surface area contributed by atoms with Gasteiger partial charge in [0.25, 0.3) is 0 Å². The predicted molar refractivity (Wildman–Crippen MR) is 50.2 cm³/mol. The van der Waals surface area contributed by atoms with Gasteiger partial charge in [-0.3, -0.25) is 4.98 Å². The Labute approximate surface area is 76.5 Å². The maximum atomic E-state index is 9.57. The van der Waals surface area contributed by atoms with E-state index in [0.717, 1.165) is 4.88 Å². The van der Waals surface area contributed by atoms with Gasteiger partial charge in [0.15, 0.2) is 0 Å². The van der Waals surface area contributed by atoms with E-state index in [9.17, 15) is 5.11 Å². The first kappa shape index (κ1) is 9.64. The minimum absolute atomic E-state index is 0.410. The summed E-state index contributed by atoms with van der Waals surface area (Å²) in [6.07, 6.45) is 1.29. The SMILES string of the molecule is CC(C)NCC(O)c1cncs1. The van der Waals surface area contributed by atoms with Crippen LogP contribution in [-0.2, 0) is 0 Å². The molecule has 0 aliphatic carbocycles. The Hall–Kier alpha value is -0.450. The summed E-state index contributed by atoms with van der Waals surface area (Å²) in [7, 11) is 0. The first-order valence-corrected chi connectivity index (χ1v) is 4.88. The lowest BCUT2D eigenvalue weighted by Crippen LogP contribution is -2.27. The fraction of sp³-hybridized carbons (Fsp3) is 0.625. The lowest BCUT2D eigenvalue weighted by molar-refractivity contribution is 0.175. The van der Waals surface area contributed by atoms with Crippen LogP contribution in [0.2, 0.25) is 0 Å². The lowest BCUT2D eigenvalue weighted by Gasteiger charge is -2.11. The molecule has 1 unspecified atom stereocenters. The standard InChI is InChI=1S/C8H14N2OS/c1-6(2)10-3-7(11)8-4-9-5-12-8/h4-7,10-11H,3H2,1-2H3. The Morgan fingerprint density at radius 2 is 2.42 bits per heavy atom. The van der Waals surface area contributed by atoms with E-state index in [-0.39, 0.29) is 0 Å². The van der Waals surface area contributed by atoms with Crippen molar-refractivity contribution < 1.29 is 5.11 Å². The van der Waals surface area contributed by atoms with Crippen LogP contribution in [0.4, 0.5) is 0 Å². The van der Waals surface area contributed by atoms with Crippen LogP contribution in [0.5, 0.6) is 0 Å². The molecule has 0 spiro atoms. The molecule has 0 saturated carbocycles. The van der Waals surface area contributed by atoms with Gasteiger partial charge in [0.05, 0.1) is 10.4 Å².